The second-order valence-corrected chi connectivity index (χ2v) is 7.78. The van der Waals surface area contributed by atoms with Crippen LogP contribution in [-0.2, 0) is 27.6 Å². The van der Waals surface area contributed by atoms with Gasteiger partial charge in [0.1, 0.15) is 0 Å². The average molecular weight is 342 g/mol. The van der Waals surface area contributed by atoms with Crippen molar-refractivity contribution in [2.45, 2.75) is 17.9 Å². The number of fused-ring (bicyclic) bond motifs is 1. The van der Waals surface area contributed by atoms with E-state index in [1.165, 1.54) is 6.26 Å². The summed E-state index contributed by atoms with van der Waals surface area (Å²) >= 11 is 0. The highest BCUT2D eigenvalue weighted by Crippen LogP contribution is 2.14. The Morgan fingerprint density at radius 1 is 1.04 bits per heavy atom. The van der Waals surface area contributed by atoms with Crippen molar-refractivity contribution in [3.63, 3.8) is 0 Å². The lowest BCUT2D eigenvalue weighted by atomic mass is 10.1. The molecule has 24 heavy (non-hydrogen) atoms. The number of aromatic amines is 1. The molecule has 3 aromatic rings. The molecule has 0 saturated carbocycles. The van der Waals surface area contributed by atoms with Crippen LogP contribution >= 0.6 is 0 Å². The number of carbonyl (C=O) groups is 1. The fourth-order valence-corrected chi connectivity index (χ4v) is 3.14. The van der Waals surface area contributed by atoms with E-state index < -0.39 is 9.84 Å². The van der Waals surface area contributed by atoms with Crippen LogP contribution < -0.4 is 5.32 Å². The van der Waals surface area contributed by atoms with E-state index in [1.54, 1.807) is 24.3 Å². The third-order valence-electron chi connectivity index (χ3n) is 3.83. The fraction of sp³-hybridized carbons (Fsp3) is 0.167. The first-order valence-electron chi connectivity index (χ1n) is 7.53. The molecule has 5 nitrogen and oxygen atoms in total. The Morgan fingerprint density at radius 2 is 1.75 bits per heavy atom. The number of nitrogens with one attached hydrogen (secondary N) is 2. The molecule has 0 aliphatic rings. The SMILES string of the molecule is CS(=O)(=O)c1ccc(CNC(=O)Cc2ccc3cc[nH]c3c2)cc1. The van der Waals surface area contributed by atoms with Crippen LogP contribution in [0.3, 0.4) is 0 Å². The van der Waals surface area contributed by atoms with Gasteiger partial charge in [-0.15, -0.1) is 0 Å². The van der Waals surface area contributed by atoms with E-state index >= 15 is 0 Å². The molecule has 0 radical (unpaired) electrons. The highest BCUT2D eigenvalue weighted by Gasteiger charge is 2.07. The Kier molecular flexibility index (Phi) is 4.40. The zero-order chi connectivity index (χ0) is 17.2. The van der Waals surface area contributed by atoms with E-state index in [2.05, 4.69) is 10.3 Å². The number of amides is 1. The maximum Gasteiger partial charge on any atom is 0.224 e. The van der Waals surface area contributed by atoms with Gasteiger partial charge in [-0.1, -0.05) is 24.3 Å². The molecule has 124 valence electrons. The minimum atomic E-state index is -3.20. The summed E-state index contributed by atoms with van der Waals surface area (Å²) in [6, 6.07) is 14.4. The second kappa shape index (κ2) is 6.49. The summed E-state index contributed by atoms with van der Waals surface area (Å²) in [7, 11) is -3.20. The molecular weight excluding hydrogens is 324 g/mol. The minimum Gasteiger partial charge on any atom is -0.361 e. The molecule has 2 N–H and O–H groups in total. The van der Waals surface area contributed by atoms with Crippen molar-refractivity contribution in [1.82, 2.24) is 10.3 Å². The quantitative estimate of drug-likeness (QED) is 0.747. The molecule has 3 rings (SSSR count). The highest BCUT2D eigenvalue weighted by molar-refractivity contribution is 7.90. The topological polar surface area (TPSA) is 79.0 Å². The van der Waals surface area contributed by atoms with Gasteiger partial charge in [0.15, 0.2) is 9.84 Å². The van der Waals surface area contributed by atoms with Crippen LogP contribution in [0.5, 0.6) is 0 Å². The fourth-order valence-electron chi connectivity index (χ4n) is 2.51. The molecular formula is C18H18N2O3S. The first-order valence-corrected chi connectivity index (χ1v) is 9.43. The van der Waals surface area contributed by atoms with E-state index in [0.717, 1.165) is 22.0 Å². The third kappa shape index (κ3) is 3.83. The Balaban J connectivity index is 1.59. The van der Waals surface area contributed by atoms with Crippen LogP contribution in [0.4, 0.5) is 0 Å². The molecule has 1 heterocycles. The zero-order valence-electron chi connectivity index (χ0n) is 13.2. The van der Waals surface area contributed by atoms with Gasteiger partial charge in [-0.2, -0.15) is 0 Å². The molecule has 0 bridgehead atoms. The van der Waals surface area contributed by atoms with Gasteiger partial charge in [0.05, 0.1) is 11.3 Å². The first kappa shape index (κ1) is 16.3. The maximum atomic E-state index is 12.1. The van der Waals surface area contributed by atoms with Crippen molar-refractivity contribution in [3.8, 4) is 0 Å². The summed E-state index contributed by atoms with van der Waals surface area (Å²) in [5, 5.41) is 3.96. The zero-order valence-corrected chi connectivity index (χ0v) is 14.1. The van der Waals surface area contributed by atoms with Crippen molar-refractivity contribution in [1.29, 1.82) is 0 Å². The van der Waals surface area contributed by atoms with Crippen LogP contribution in [-0.4, -0.2) is 25.6 Å². The molecule has 1 amide bonds. The average Bonchev–Trinajstić information content (AvgIpc) is 3.00. The normalized spacial score (nSPS) is 11.5. The van der Waals surface area contributed by atoms with Gasteiger partial charge in [-0.25, -0.2) is 8.42 Å². The smallest absolute Gasteiger partial charge is 0.224 e. The number of benzene rings is 2. The number of rotatable bonds is 5. The lowest BCUT2D eigenvalue weighted by Crippen LogP contribution is -2.24. The lowest BCUT2D eigenvalue weighted by Gasteiger charge is -2.07. The number of sulfone groups is 1. The number of aromatic nitrogens is 1. The van der Waals surface area contributed by atoms with Gasteiger partial charge in [-0.05, 0) is 40.8 Å². The highest BCUT2D eigenvalue weighted by atomic mass is 32.2. The van der Waals surface area contributed by atoms with Gasteiger partial charge in [-0.3, -0.25) is 4.79 Å². The molecule has 0 fully saturated rings. The van der Waals surface area contributed by atoms with Crippen molar-refractivity contribution in [2.75, 3.05) is 6.26 Å². The van der Waals surface area contributed by atoms with Crippen LogP contribution in [0.25, 0.3) is 10.9 Å². The molecule has 0 saturated heterocycles. The Morgan fingerprint density at radius 3 is 2.46 bits per heavy atom. The van der Waals surface area contributed by atoms with Gasteiger partial charge in [0.25, 0.3) is 0 Å². The number of H-pyrrole nitrogens is 1. The van der Waals surface area contributed by atoms with Crippen molar-refractivity contribution in [3.05, 3.63) is 65.9 Å². The second-order valence-electron chi connectivity index (χ2n) is 5.77. The van der Waals surface area contributed by atoms with Gasteiger partial charge < -0.3 is 10.3 Å². The molecule has 0 aliphatic carbocycles. The summed E-state index contributed by atoms with van der Waals surface area (Å²) in [6.07, 6.45) is 3.34. The molecule has 1 aromatic heterocycles. The summed E-state index contributed by atoms with van der Waals surface area (Å²) in [5.41, 5.74) is 2.81. The number of hydrogen-bond donors (Lipinski definition) is 2. The van der Waals surface area contributed by atoms with E-state index in [9.17, 15) is 13.2 Å². The van der Waals surface area contributed by atoms with E-state index in [0.29, 0.717) is 13.0 Å². The molecule has 6 heteroatoms. The van der Waals surface area contributed by atoms with Crippen molar-refractivity contribution < 1.29 is 13.2 Å². The summed E-state index contributed by atoms with van der Waals surface area (Å²) in [5.74, 6) is -0.0758. The van der Waals surface area contributed by atoms with Crippen molar-refractivity contribution >= 4 is 26.6 Å². The maximum absolute atomic E-state index is 12.1. The molecule has 2 aromatic carbocycles. The lowest BCUT2D eigenvalue weighted by molar-refractivity contribution is -0.120. The Labute approximate surface area is 140 Å². The first-order chi connectivity index (χ1) is 11.4. The van der Waals surface area contributed by atoms with E-state index in [4.69, 9.17) is 0 Å². The van der Waals surface area contributed by atoms with E-state index in [-0.39, 0.29) is 10.8 Å². The Bertz CT molecular complexity index is 973. The van der Waals surface area contributed by atoms with E-state index in [1.807, 2.05) is 30.5 Å². The third-order valence-corrected chi connectivity index (χ3v) is 4.95. The Hall–Kier alpha value is -2.60. The summed E-state index contributed by atoms with van der Waals surface area (Å²) in [6.45, 7) is 0.369. The van der Waals surface area contributed by atoms with Crippen LogP contribution in [0.2, 0.25) is 0 Å². The number of carbonyl (C=O) groups excluding carboxylic acids is 1. The molecule has 0 aliphatic heterocycles. The predicted molar refractivity (Wildman–Crippen MR) is 93.4 cm³/mol. The molecule has 0 atom stereocenters. The standard InChI is InChI=1S/C18H18N2O3S/c1-24(22,23)16-6-3-13(4-7-16)12-20-18(21)11-14-2-5-15-8-9-19-17(15)10-14/h2-10,19H,11-12H2,1H3,(H,20,21). The summed E-state index contributed by atoms with van der Waals surface area (Å²) < 4.78 is 22.8. The summed E-state index contributed by atoms with van der Waals surface area (Å²) in [4.78, 5) is 15.5. The monoisotopic (exact) mass is 342 g/mol. The van der Waals surface area contributed by atoms with Crippen LogP contribution in [0.1, 0.15) is 11.1 Å². The van der Waals surface area contributed by atoms with Gasteiger partial charge in [0, 0.05) is 24.5 Å². The minimum absolute atomic E-state index is 0.0758. The number of hydrogen-bond acceptors (Lipinski definition) is 3. The van der Waals surface area contributed by atoms with Crippen LogP contribution in [0.15, 0.2) is 59.6 Å². The van der Waals surface area contributed by atoms with Gasteiger partial charge in [0.2, 0.25) is 5.91 Å². The van der Waals surface area contributed by atoms with Gasteiger partial charge >= 0.3 is 0 Å². The predicted octanol–water partition coefficient (Wildman–Crippen LogP) is 2.43. The molecule has 0 spiro atoms. The largest absolute Gasteiger partial charge is 0.361 e. The van der Waals surface area contributed by atoms with Crippen LogP contribution in [0, 0.1) is 0 Å². The molecule has 0 unspecified atom stereocenters. The van der Waals surface area contributed by atoms with Crippen molar-refractivity contribution in [2.24, 2.45) is 0 Å².